The quantitative estimate of drug-likeness (QED) is 0.394. The molecule has 28 heavy (non-hydrogen) atoms. The van der Waals surface area contributed by atoms with Gasteiger partial charge in [0.1, 0.15) is 12.4 Å². The Balaban J connectivity index is 2.11. The third-order valence-corrected chi connectivity index (χ3v) is 5.27. The minimum Gasteiger partial charge on any atom is -0.378 e. The van der Waals surface area contributed by atoms with Crippen LogP contribution < -0.4 is 10.2 Å². The summed E-state index contributed by atoms with van der Waals surface area (Å²) in [6.07, 6.45) is 3.24. The van der Waals surface area contributed by atoms with Crippen molar-refractivity contribution in [2.24, 2.45) is 12.0 Å². The molecule has 0 aliphatic carbocycles. The fourth-order valence-corrected chi connectivity index (χ4v) is 3.18. The van der Waals surface area contributed by atoms with E-state index in [2.05, 4.69) is 77.0 Å². The molecule has 1 heterocycles. The van der Waals surface area contributed by atoms with Gasteiger partial charge in [0, 0.05) is 47.0 Å². The number of guanidine groups is 1. The molecule has 2 rings (SSSR count). The summed E-state index contributed by atoms with van der Waals surface area (Å²) in [6, 6.07) is 8.59. The number of benzene rings is 1. The van der Waals surface area contributed by atoms with Gasteiger partial charge in [0.15, 0.2) is 11.8 Å². The maximum absolute atomic E-state index is 4.81. The van der Waals surface area contributed by atoms with Crippen LogP contribution in [0.1, 0.15) is 23.6 Å². The molecule has 0 amide bonds. The van der Waals surface area contributed by atoms with Crippen molar-refractivity contribution in [2.45, 2.75) is 26.4 Å². The molecule has 0 fully saturated rings. The van der Waals surface area contributed by atoms with Gasteiger partial charge in [-0.3, -0.25) is 0 Å². The Bertz CT molecular complexity index is 770. The SMILES string of the molecule is CSCCCNC(=NCc1nnc(C)n1C)N(C)Cc1cccc(N(C)C)c1. The fourth-order valence-electron chi connectivity index (χ4n) is 2.74. The Labute approximate surface area is 173 Å². The molecule has 0 aliphatic heterocycles. The van der Waals surface area contributed by atoms with Crippen molar-refractivity contribution in [2.75, 3.05) is 44.6 Å². The van der Waals surface area contributed by atoms with Gasteiger partial charge in [-0.1, -0.05) is 12.1 Å². The normalized spacial score (nSPS) is 11.6. The van der Waals surface area contributed by atoms with Crippen LogP contribution in [-0.2, 0) is 20.1 Å². The summed E-state index contributed by atoms with van der Waals surface area (Å²) in [7, 11) is 8.17. The molecule has 0 saturated heterocycles. The topological polar surface area (TPSA) is 61.6 Å². The zero-order chi connectivity index (χ0) is 20.5. The van der Waals surface area contributed by atoms with Crippen LogP contribution in [0.15, 0.2) is 29.3 Å². The first kappa shape index (κ1) is 22.1. The zero-order valence-corrected chi connectivity index (χ0v) is 18.8. The van der Waals surface area contributed by atoms with Gasteiger partial charge in [-0.25, -0.2) is 4.99 Å². The smallest absolute Gasteiger partial charge is 0.194 e. The van der Waals surface area contributed by atoms with E-state index in [9.17, 15) is 0 Å². The average Bonchev–Trinajstić information content (AvgIpc) is 2.99. The van der Waals surface area contributed by atoms with Crippen LogP contribution in [0.4, 0.5) is 5.69 Å². The van der Waals surface area contributed by atoms with E-state index in [1.54, 1.807) is 0 Å². The van der Waals surface area contributed by atoms with E-state index in [1.165, 1.54) is 11.3 Å². The van der Waals surface area contributed by atoms with Gasteiger partial charge in [-0.2, -0.15) is 11.8 Å². The number of aromatic nitrogens is 3. The molecule has 154 valence electrons. The Morgan fingerprint density at radius 2 is 2.04 bits per heavy atom. The molecule has 8 heteroatoms. The van der Waals surface area contributed by atoms with Crippen LogP contribution >= 0.6 is 11.8 Å². The van der Waals surface area contributed by atoms with Crippen molar-refractivity contribution in [3.63, 3.8) is 0 Å². The Hall–Kier alpha value is -2.22. The van der Waals surface area contributed by atoms with Gasteiger partial charge in [0.05, 0.1) is 0 Å². The first-order chi connectivity index (χ1) is 13.4. The van der Waals surface area contributed by atoms with Crippen LogP contribution in [0.3, 0.4) is 0 Å². The third-order valence-electron chi connectivity index (χ3n) is 4.57. The van der Waals surface area contributed by atoms with E-state index in [-0.39, 0.29) is 0 Å². The highest BCUT2D eigenvalue weighted by atomic mass is 32.2. The molecule has 0 bridgehead atoms. The fraction of sp³-hybridized carbons (Fsp3) is 0.550. The van der Waals surface area contributed by atoms with Crippen LogP contribution in [0.25, 0.3) is 0 Å². The summed E-state index contributed by atoms with van der Waals surface area (Å²) in [6.45, 7) is 4.14. The summed E-state index contributed by atoms with van der Waals surface area (Å²) >= 11 is 1.86. The van der Waals surface area contributed by atoms with E-state index < -0.39 is 0 Å². The number of nitrogens with one attached hydrogen (secondary N) is 1. The standard InChI is InChI=1S/C20H33N7S/c1-16-23-24-19(27(16)5)14-22-20(21-11-8-12-28-6)26(4)15-17-9-7-10-18(13-17)25(2)3/h7,9-10,13H,8,11-12,14-15H2,1-6H3,(H,21,22). The average molecular weight is 404 g/mol. The maximum Gasteiger partial charge on any atom is 0.194 e. The van der Waals surface area contributed by atoms with Crippen LogP contribution in [0.2, 0.25) is 0 Å². The lowest BCUT2D eigenvalue weighted by Crippen LogP contribution is -2.39. The number of rotatable bonds is 9. The second-order valence-corrected chi connectivity index (χ2v) is 8.04. The van der Waals surface area contributed by atoms with E-state index in [0.29, 0.717) is 6.54 Å². The highest BCUT2D eigenvalue weighted by molar-refractivity contribution is 7.98. The first-order valence-corrected chi connectivity index (χ1v) is 10.9. The molecule has 2 aromatic rings. The lowest BCUT2D eigenvalue weighted by molar-refractivity contribution is 0.474. The number of aryl methyl sites for hydroxylation is 1. The number of aliphatic imine (C=N–C) groups is 1. The van der Waals surface area contributed by atoms with Crippen molar-refractivity contribution in [3.05, 3.63) is 41.5 Å². The Morgan fingerprint density at radius 1 is 1.25 bits per heavy atom. The summed E-state index contributed by atoms with van der Waals surface area (Å²) in [5.74, 6) is 3.78. The van der Waals surface area contributed by atoms with Crippen LogP contribution in [0.5, 0.6) is 0 Å². The van der Waals surface area contributed by atoms with Crippen molar-refractivity contribution in [1.29, 1.82) is 0 Å². The van der Waals surface area contributed by atoms with Gasteiger partial charge in [0.25, 0.3) is 0 Å². The number of thioether (sulfide) groups is 1. The van der Waals surface area contributed by atoms with E-state index in [4.69, 9.17) is 4.99 Å². The minimum atomic E-state index is 0.504. The molecular formula is C20H33N7S. The van der Waals surface area contributed by atoms with Gasteiger partial charge < -0.3 is 19.7 Å². The number of hydrogen-bond acceptors (Lipinski definition) is 5. The van der Waals surface area contributed by atoms with Gasteiger partial charge in [-0.05, 0) is 43.0 Å². The van der Waals surface area contributed by atoms with Crippen LogP contribution in [0, 0.1) is 6.92 Å². The van der Waals surface area contributed by atoms with E-state index in [1.807, 2.05) is 30.3 Å². The molecule has 1 N–H and O–H groups in total. The largest absolute Gasteiger partial charge is 0.378 e. The first-order valence-electron chi connectivity index (χ1n) is 9.52. The molecule has 0 atom stereocenters. The predicted molar refractivity (Wildman–Crippen MR) is 120 cm³/mol. The maximum atomic E-state index is 4.81. The molecule has 1 aromatic heterocycles. The second kappa shape index (κ2) is 10.9. The molecule has 0 saturated carbocycles. The molecule has 0 aliphatic rings. The zero-order valence-electron chi connectivity index (χ0n) is 17.9. The number of nitrogens with zero attached hydrogens (tertiary/aromatic N) is 6. The Kier molecular flexibility index (Phi) is 8.63. The number of hydrogen-bond donors (Lipinski definition) is 1. The van der Waals surface area contributed by atoms with Crippen molar-refractivity contribution in [1.82, 2.24) is 25.0 Å². The minimum absolute atomic E-state index is 0.504. The summed E-state index contributed by atoms with van der Waals surface area (Å²) < 4.78 is 1.98. The molecule has 7 nitrogen and oxygen atoms in total. The van der Waals surface area contributed by atoms with E-state index in [0.717, 1.165) is 42.9 Å². The lowest BCUT2D eigenvalue weighted by atomic mass is 10.2. The molecule has 1 aromatic carbocycles. The monoisotopic (exact) mass is 403 g/mol. The van der Waals surface area contributed by atoms with Crippen molar-refractivity contribution in [3.8, 4) is 0 Å². The molecule has 0 radical (unpaired) electrons. The van der Waals surface area contributed by atoms with Gasteiger partial charge in [0.2, 0.25) is 0 Å². The summed E-state index contributed by atoms with van der Waals surface area (Å²) in [5.41, 5.74) is 2.45. The van der Waals surface area contributed by atoms with Crippen molar-refractivity contribution < 1.29 is 0 Å². The second-order valence-electron chi connectivity index (χ2n) is 7.06. The van der Waals surface area contributed by atoms with Gasteiger partial charge >= 0.3 is 0 Å². The van der Waals surface area contributed by atoms with Gasteiger partial charge in [-0.15, -0.1) is 10.2 Å². The van der Waals surface area contributed by atoms with Crippen molar-refractivity contribution >= 4 is 23.4 Å². The molecule has 0 unspecified atom stereocenters. The van der Waals surface area contributed by atoms with Crippen LogP contribution in [-0.4, -0.2) is 65.3 Å². The Morgan fingerprint density at radius 3 is 2.68 bits per heavy atom. The summed E-state index contributed by atoms with van der Waals surface area (Å²) in [5, 5.41) is 11.8. The molecule has 0 spiro atoms. The highest BCUT2D eigenvalue weighted by Crippen LogP contribution is 2.15. The number of anilines is 1. The summed E-state index contributed by atoms with van der Waals surface area (Å²) in [4.78, 5) is 9.09. The highest BCUT2D eigenvalue weighted by Gasteiger charge is 2.10. The lowest BCUT2D eigenvalue weighted by Gasteiger charge is -2.23. The molecular weight excluding hydrogens is 370 g/mol. The van der Waals surface area contributed by atoms with E-state index >= 15 is 0 Å². The predicted octanol–water partition coefficient (Wildman–Crippen LogP) is 2.52. The third kappa shape index (κ3) is 6.44.